The number of urea groups is 1. The third kappa shape index (κ3) is 1.92. The molecule has 1 aromatic carbocycles. The first-order chi connectivity index (χ1) is 6.86. The van der Waals surface area contributed by atoms with Crippen LogP contribution in [0.1, 0.15) is 5.56 Å². The van der Waals surface area contributed by atoms with Crippen LogP contribution in [-0.4, -0.2) is 12.6 Å². The van der Waals surface area contributed by atoms with Crippen LogP contribution >= 0.6 is 0 Å². The van der Waals surface area contributed by atoms with Gasteiger partial charge in [-0.05, 0) is 11.6 Å². The second-order valence-electron chi connectivity index (χ2n) is 2.85. The molecule has 72 valence electrons. The predicted octanol–water partition coefficient (Wildman–Crippen LogP) is 1.27. The van der Waals surface area contributed by atoms with Gasteiger partial charge in [0, 0.05) is 5.70 Å². The summed E-state index contributed by atoms with van der Waals surface area (Å²) < 4.78 is 0. The predicted molar refractivity (Wildman–Crippen MR) is 52.0 cm³/mol. The molecule has 2 amide bonds. The largest absolute Gasteiger partial charge is 0.343 e. The van der Waals surface area contributed by atoms with E-state index in [9.17, 15) is 4.79 Å². The highest BCUT2D eigenvalue weighted by Crippen LogP contribution is 2.11. The van der Waals surface area contributed by atoms with E-state index in [0.717, 1.165) is 11.3 Å². The van der Waals surface area contributed by atoms with E-state index < -0.39 is 0 Å². The molecule has 1 aliphatic rings. The molecule has 0 atom stereocenters. The summed E-state index contributed by atoms with van der Waals surface area (Å²) >= 11 is 0. The Hall–Kier alpha value is -1.81. The highest BCUT2D eigenvalue weighted by Gasteiger charge is 2.09. The molecule has 4 nitrogen and oxygen atoms in total. The monoisotopic (exact) mass is 190 g/mol. The molecule has 1 heterocycles. The Balaban J connectivity index is 2.25. The van der Waals surface area contributed by atoms with Gasteiger partial charge in [-0.25, -0.2) is 10.3 Å². The Kier molecular flexibility index (Phi) is 2.46. The summed E-state index contributed by atoms with van der Waals surface area (Å²) in [6, 6.07) is 9.27. The van der Waals surface area contributed by atoms with Gasteiger partial charge in [0.15, 0.2) is 0 Å². The SMILES string of the molecule is O=C1NOCC=C(c2ccccc2)N1. The number of hydrogen-bond acceptors (Lipinski definition) is 2. The Bertz CT molecular complexity index is 360. The number of hydroxylamine groups is 1. The summed E-state index contributed by atoms with van der Waals surface area (Å²) in [6.45, 7) is 0.364. The fourth-order valence-electron chi connectivity index (χ4n) is 1.24. The average molecular weight is 190 g/mol. The molecule has 0 fully saturated rings. The number of rotatable bonds is 1. The summed E-state index contributed by atoms with van der Waals surface area (Å²) in [5, 5.41) is 2.68. The lowest BCUT2D eigenvalue weighted by Gasteiger charge is -2.05. The van der Waals surface area contributed by atoms with Gasteiger partial charge in [0.2, 0.25) is 0 Å². The van der Waals surface area contributed by atoms with Gasteiger partial charge in [-0.15, -0.1) is 0 Å². The highest BCUT2D eigenvalue weighted by molar-refractivity contribution is 5.85. The summed E-state index contributed by atoms with van der Waals surface area (Å²) in [6.07, 6.45) is 1.81. The van der Waals surface area contributed by atoms with Crippen molar-refractivity contribution in [3.05, 3.63) is 42.0 Å². The molecule has 0 unspecified atom stereocenters. The van der Waals surface area contributed by atoms with E-state index in [4.69, 9.17) is 4.84 Å². The average Bonchev–Trinajstić information content (AvgIpc) is 2.44. The first-order valence-corrected chi connectivity index (χ1v) is 4.30. The van der Waals surface area contributed by atoms with Crippen LogP contribution in [0, 0.1) is 0 Å². The molecule has 0 radical (unpaired) electrons. The van der Waals surface area contributed by atoms with Gasteiger partial charge in [-0.2, -0.15) is 0 Å². The zero-order chi connectivity index (χ0) is 9.80. The summed E-state index contributed by atoms with van der Waals surface area (Å²) in [5.74, 6) is 0. The minimum Gasteiger partial charge on any atom is -0.306 e. The molecule has 0 aliphatic carbocycles. The minimum absolute atomic E-state index is 0.349. The first kappa shape index (κ1) is 8.77. The summed E-state index contributed by atoms with van der Waals surface area (Å²) in [4.78, 5) is 15.9. The van der Waals surface area contributed by atoms with E-state index in [1.807, 2.05) is 36.4 Å². The minimum atomic E-state index is -0.349. The lowest BCUT2D eigenvalue weighted by atomic mass is 10.1. The van der Waals surface area contributed by atoms with Crippen molar-refractivity contribution in [2.75, 3.05) is 6.61 Å². The fraction of sp³-hybridized carbons (Fsp3) is 0.100. The molecule has 0 aromatic heterocycles. The van der Waals surface area contributed by atoms with Crippen molar-refractivity contribution >= 4 is 11.7 Å². The van der Waals surface area contributed by atoms with Crippen LogP contribution < -0.4 is 10.8 Å². The van der Waals surface area contributed by atoms with Crippen molar-refractivity contribution in [1.29, 1.82) is 0 Å². The van der Waals surface area contributed by atoms with Gasteiger partial charge in [-0.3, -0.25) is 4.84 Å². The zero-order valence-corrected chi connectivity index (χ0v) is 7.49. The number of benzene rings is 1. The molecule has 1 aromatic rings. The maximum Gasteiger partial charge on any atom is 0.343 e. The molecule has 4 heteroatoms. The third-order valence-corrected chi connectivity index (χ3v) is 1.87. The van der Waals surface area contributed by atoms with Gasteiger partial charge >= 0.3 is 6.03 Å². The van der Waals surface area contributed by atoms with Gasteiger partial charge < -0.3 is 5.32 Å². The second-order valence-corrected chi connectivity index (χ2v) is 2.85. The van der Waals surface area contributed by atoms with Gasteiger partial charge in [0.05, 0.1) is 6.61 Å². The van der Waals surface area contributed by atoms with Crippen molar-refractivity contribution in [3.63, 3.8) is 0 Å². The van der Waals surface area contributed by atoms with Gasteiger partial charge in [0.25, 0.3) is 0 Å². The topological polar surface area (TPSA) is 50.4 Å². The molecular weight excluding hydrogens is 180 g/mol. The number of amides is 2. The third-order valence-electron chi connectivity index (χ3n) is 1.87. The van der Waals surface area contributed by atoms with Gasteiger partial charge in [-0.1, -0.05) is 30.3 Å². The zero-order valence-electron chi connectivity index (χ0n) is 7.49. The summed E-state index contributed by atoms with van der Waals surface area (Å²) in [5.41, 5.74) is 3.97. The van der Waals surface area contributed by atoms with Crippen LogP contribution in [0.4, 0.5) is 4.79 Å². The van der Waals surface area contributed by atoms with E-state index in [1.165, 1.54) is 0 Å². The molecule has 2 rings (SSSR count). The highest BCUT2D eigenvalue weighted by atomic mass is 16.7. The van der Waals surface area contributed by atoms with Crippen molar-refractivity contribution in [1.82, 2.24) is 10.8 Å². The molecule has 0 saturated heterocycles. The standard InChI is InChI=1S/C10H10N2O2/c13-10-11-9(6-7-14-12-10)8-4-2-1-3-5-8/h1-6H,7H2,(H2,11,12,13). The van der Waals surface area contributed by atoms with Crippen LogP contribution in [-0.2, 0) is 4.84 Å². The van der Waals surface area contributed by atoms with Crippen LogP contribution in [0.5, 0.6) is 0 Å². The van der Waals surface area contributed by atoms with Crippen LogP contribution in [0.25, 0.3) is 5.70 Å². The van der Waals surface area contributed by atoms with E-state index in [-0.39, 0.29) is 6.03 Å². The molecule has 2 N–H and O–H groups in total. The maximum absolute atomic E-state index is 11.1. The number of nitrogens with one attached hydrogen (secondary N) is 2. The molecule has 0 bridgehead atoms. The van der Waals surface area contributed by atoms with Crippen LogP contribution in [0.2, 0.25) is 0 Å². The number of carbonyl (C=O) groups excluding carboxylic acids is 1. The van der Waals surface area contributed by atoms with Crippen molar-refractivity contribution in [2.45, 2.75) is 0 Å². The molecule has 14 heavy (non-hydrogen) atoms. The molecular formula is C10H10N2O2. The van der Waals surface area contributed by atoms with Crippen molar-refractivity contribution in [3.8, 4) is 0 Å². The first-order valence-electron chi connectivity index (χ1n) is 4.30. The van der Waals surface area contributed by atoms with Crippen molar-refractivity contribution < 1.29 is 9.63 Å². The quantitative estimate of drug-likeness (QED) is 0.700. The number of carbonyl (C=O) groups is 1. The lowest BCUT2D eigenvalue weighted by Crippen LogP contribution is -2.31. The Labute approximate surface area is 81.5 Å². The van der Waals surface area contributed by atoms with Crippen LogP contribution in [0.15, 0.2) is 36.4 Å². The second kappa shape index (κ2) is 3.93. The van der Waals surface area contributed by atoms with E-state index in [2.05, 4.69) is 10.8 Å². The molecule has 0 saturated carbocycles. The molecule has 0 spiro atoms. The molecule has 1 aliphatic heterocycles. The number of hydrogen-bond donors (Lipinski definition) is 2. The van der Waals surface area contributed by atoms with Gasteiger partial charge in [0.1, 0.15) is 0 Å². The Morgan fingerprint density at radius 2 is 2.00 bits per heavy atom. The maximum atomic E-state index is 11.1. The van der Waals surface area contributed by atoms with E-state index in [0.29, 0.717) is 6.61 Å². The van der Waals surface area contributed by atoms with E-state index in [1.54, 1.807) is 0 Å². The Morgan fingerprint density at radius 3 is 2.79 bits per heavy atom. The van der Waals surface area contributed by atoms with E-state index >= 15 is 0 Å². The lowest BCUT2D eigenvalue weighted by molar-refractivity contribution is 0.0862. The fourth-order valence-corrected chi connectivity index (χ4v) is 1.24. The Morgan fingerprint density at radius 1 is 1.21 bits per heavy atom. The van der Waals surface area contributed by atoms with Crippen molar-refractivity contribution in [2.24, 2.45) is 0 Å². The summed E-state index contributed by atoms with van der Waals surface area (Å²) in [7, 11) is 0. The smallest absolute Gasteiger partial charge is 0.306 e. The normalized spacial score (nSPS) is 16.3. The van der Waals surface area contributed by atoms with Crippen LogP contribution in [0.3, 0.4) is 0 Å².